The van der Waals surface area contributed by atoms with Crippen molar-refractivity contribution < 1.29 is 4.79 Å². The molecule has 4 aromatic rings. The molecule has 1 amide bonds. The van der Waals surface area contributed by atoms with Crippen molar-refractivity contribution in [2.75, 3.05) is 24.5 Å². The number of rotatable bonds is 3. The largest absolute Gasteiger partial charge is 0.351 e. The Hall–Kier alpha value is -3.75. The monoisotopic (exact) mass is 414 g/mol. The Bertz CT molecular complexity index is 1230. The fourth-order valence-corrected chi connectivity index (χ4v) is 5.02. The van der Waals surface area contributed by atoms with Gasteiger partial charge in [0.1, 0.15) is 17.8 Å². The minimum absolute atomic E-state index is 0.0210. The van der Waals surface area contributed by atoms with Crippen LogP contribution in [0.2, 0.25) is 0 Å². The van der Waals surface area contributed by atoms with E-state index in [9.17, 15) is 4.79 Å². The number of H-pyrrole nitrogens is 1. The molecule has 6 rings (SSSR count). The highest BCUT2D eigenvalue weighted by Gasteiger charge is 2.41. The Morgan fingerprint density at radius 1 is 1.03 bits per heavy atom. The van der Waals surface area contributed by atoms with E-state index in [1.807, 2.05) is 41.4 Å². The van der Waals surface area contributed by atoms with Gasteiger partial charge in [-0.05, 0) is 37.0 Å². The van der Waals surface area contributed by atoms with E-state index >= 15 is 0 Å². The third-order valence-corrected chi connectivity index (χ3v) is 6.52. The summed E-state index contributed by atoms with van der Waals surface area (Å²) in [5.41, 5.74) is 2.17. The average Bonchev–Trinajstić information content (AvgIpc) is 3.58. The first-order valence-electron chi connectivity index (χ1n) is 10.6. The van der Waals surface area contributed by atoms with Crippen LogP contribution in [0.3, 0.4) is 0 Å². The first-order chi connectivity index (χ1) is 15.3. The van der Waals surface area contributed by atoms with Gasteiger partial charge in [-0.15, -0.1) is 0 Å². The van der Waals surface area contributed by atoms with E-state index in [2.05, 4.69) is 30.0 Å². The van der Waals surface area contributed by atoms with Crippen molar-refractivity contribution in [3.63, 3.8) is 0 Å². The smallest absolute Gasteiger partial charge is 0.256 e. The van der Waals surface area contributed by atoms with E-state index < -0.39 is 0 Å². The number of hydrogen-bond acceptors (Lipinski definition) is 6. The number of aromatic amines is 1. The second-order valence-electron chi connectivity index (χ2n) is 8.12. The quantitative estimate of drug-likeness (QED) is 0.553. The summed E-state index contributed by atoms with van der Waals surface area (Å²) in [7, 11) is 0. The summed E-state index contributed by atoms with van der Waals surface area (Å²) in [6, 6.07) is 9.80. The summed E-state index contributed by atoms with van der Waals surface area (Å²) >= 11 is 0. The van der Waals surface area contributed by atoms with Crippen molar-refractivity contribution in [2.45, 2.75) is 18.9 Å². The van der Waals surface area contributed by atoms with Gasteiger partial charge in [0.2, 0.25) is 0 Å². The van der Waals surface area contributed by atoms with E-state index in [0.717, 1.165) is 42.8 Å². The number of anilines is 1. The van der Waals surface area contributed by atoms with Crippen LogP contribution in [0.15, 0.2) is 55.2 Å². The third kappa shape index (κ3) is 2.96. The standard InChI is InChI=1S/C22H22N8O/c31-22(16-3-1-2-4-18(16)30-26-9-10-27-30)28-11-6-15-7-12-29(19(15)13-28)21-17-5-8-23-20(17)24-14-25-21/h1-5,8-10,14-15,19H,6-7,11-13H2,(H,23,24,25)/t15-,19-/m0/s1. The summed E-state index contributed by atoms with van der Waals surface area (Å²) in [5, 5.41) is 9.46. The molecule has 31 heavy (non-hydrogen) atoms. The highest BCUT2D eigenvalue weighted by Crippen LogP contribution is 2.37. The van der Waals surface area contributed by atoms with Crippen molar-refractivity contribution in [1.29, 1.82) is 0 Å². The lowest BCUT2D eigenvalue weighted by Crippen LogP contribution is -2.50. The molecule has 1 N–H and O–H groups in total. The molecule has 2 fully saturated rings. The molecule has 0 spiro atoms. The van der Waals surface area contributed by atoms with Gasteiger partial charge in [-0.3, -0.25) is 4.79 Å². The Labute approximate surface area is 178 Å². The molecule has 2 aliphatic rings. The molecule has 1 aromatic carbocycles. The lowest BCUT2D eigenvalue weighted by Gasteiger charge is -2.39. The molecule has 9 heteroatoms. The lowest BCUT2D eigenvalue weighted by atomic mass is 9.91. The van der Waals surface area contributed by atoms with Crippen molar-refractivity contribution in [3.05, 3.63) is 60.8 Å². The molecule has 3 aromatic heterocycles. The first-order valence-corrected chi connectivity index (χ1v) is 10.6. The molecule has 9 nitrogen and oxygen atoms in total. The van der Waals surface area contributed by atoms with Gasteiger partial charge in [-0.2, -0.15) is 15.0 Å². The molecular formula is C22H22N8O. The zero-order valence-corrected chi connectivity index (χ0v) is 16.9. The number of amides is 1. The van der Waals surface area contributed by atoms with Gasteiger partial charge in [-0.1, -0.05) is 12.1 Å². The van der Waals surface area contributed by atoms with E-state index in [1.165, 1.54) is 4.80 Å². The van der Waals surface area contributed by atoms with Crippen LogP contribution < -0.4 is 4.90 Å². The SMILES string of the molecule is O=C(c1ccccc1-n1nccn1)N1CC[C@H]2CCN(c3ncnc4[nH]ccc34)[C@H]2C1. The zero-order chi connectivity index (χ0) is 20.8. The highest BCUT2D eigenvalue weighted by atomic mass is 16.2. The molecule has 5 heterocycles. The second-order valence-corrected chi connectivity index (χ2v) is 8.12. The van der Waals surface area contributed by atoms with Crippen LogP contribution in [-0.2, 0) is 0 Å². The Kier molecular flexibility index (Phi) is 4.19. The molecule has 0 saturated carbocycles. The minimum Gasteiger partial charge on any atom is -0.351 e. The van der Waals surface area contributed by atoms with E-state index in [-0.39, 0.29) is 11.9 Å². The minimum atomic E-state index is 0.0210. The predicted octanol–water partition coefficient (Wildman–Crippen LogP) is 2.28. The molecule has 0 aliphatic carbocycles. The maximum Gasteiger partial charge on any atom is 0.256 e. The van der Waals surface area contributed by atoms with Gasteiger partial charge in [-0.25, -0.2) is 9.97 Å². The number of carbonyl (C=O) groups is 1. The predicted molar refractivity (Wildman–Crippen MR) is 115 cm³/mol. The number of nitrogens with zero attached hydrogens (tertiary/aromatic N) is 7. The van der Waals surface area contributed by atoms with Crippen LogP contribution in [0.1, 0.15) is 23.2 Å². The first kappa shape index (κ1) is 18.1. The zero-order valence-electron chi connectivity index (χ0n) is 16.9. The molecule has 2 atom stereocenters. The second kappa shape index (κ2) is 7.19. The van der Waals surface area contributed by atoms with Crippen LogP contribution in [-0.4, -0.2) is 66.4 Å². The molecular weight excluding hydrogens is 392 g/mol. The van der Waals surface area contributed by atoms with Gasteiger partial charge in [0.05, 0.1) is 35.1 Å². The van der Waals surface area contributed by atoms with Gasteiger partial charge >= 0.3 is 0 Å². The summed E-state index contributed by atoms with van der Waals surface area (Å²) in [4.78, 5) is 31.5. The number of aromatic nitrogens is 6. The highest BCUT2D eigenvalue weighted by molar-refractivity contribution is 5.98. The fraction of sp³-hybridized carbons (Fsp3) is 0.318. The van der Waals surface area contributed by atoms with Crippen molar-refractivity contribution in [3.8, 4) is 5.69 Å². The molecule has 0 bridgehead atoms. The van der Waals surface area contributed by atoms with Gasteiger partial charge in [0, 0.05) is 25.8 Å². The summed E-state index contributed by atoms with van der Waals surface area (Å²) in [5.74, 6) is 1.54. The van der Waals surface area contributed by atoms with Crippen LogP contribution in [0, 0.1) is 5.92 Å². The molecule has 0 radical (unpaired) electrons. The van der Waals surface area contributed by atoms with Crippen molar-refractivity contribution in [2.24, 2.45) is 5.92 Å². The van der Waals surface area contributed by atoms with Gasteiger partial charge in [0.15, 0.2) is 0 Å². The van der Waals surface area contributed by atoms with Gasteiger partial charge < -0.3 is 14.8 Å². The summed E-state index contributed by atoms with van der Waals surface area (Å²) < 4.78 is 0. The molecule has 2 saturated heterocycles. The average molecular weight is 414 g/mol. The fourth-order valence-electron chi connectivity index (χ4n) is 5.02. The third-order valence-electron chi connectivity index (χ3n) is 6.52. The molecule has 0 unspecified atom stereocenters. The number of piperidine rings is 1. The van der Waals surface area contributed by atoms with E-state index in [1.54, 1.807) is 18.7 Å². The Balaban J connectivity index is 1.30. The van der Waals surface area contributed by atoms with E-state index in [0.29, 0.717) is 23.7 Å². The number of fused-ring (bicyclic) bond motifs is 2. The maximum absolute atomic E-state index is 13.5. The van der Waals surface area contributed by atoms with E-state index in [4.69, 9.17) is 0 Å². The number of benzene rings is 1. The number of hydrogen-bond donors (Lipinski definition) is 1. The maximum atomic E-state index is 13.5. The van der Waals surface area contributed by atoms with Crippen LogP contribution in [0.4, 0.5) is 5.82 Å². The van der Waals surface area contributed by atoms with Crippen LogP contribution >= 0.6 is 0 Å². The Morgan fingerprint density at radius 2 is 1.87 bits per heavy atom. The molecule has 2 aliphatic heterocycles. The van der Waals surface area contributed by atoms with Crippen LogP contribution in [0.25, 0.3) is 16.7 Å². The lowest BCUT2D eigenvalue weighted by molar-refractivity contribution is 0.0678. The number of nitrogens with one attached hydrogen (secondary N) is 1. The number of para-hydroxylation sites is 1. The molecule has 156 valence electrons. The summed E-state index contributed by atoms with van der Waals surface area (Å²) in [6.45, 7) is 2.39. The number of likely N-dealkylation sites (tertiary alicyclic amines) is 1. The topological polar surface area (TPSA) is 95.8 Å². The number of carbonyl (C=O) groups excluding carboxylic acids is 1. The summed E-state index contributed by atoms with van der Waals surface area (Å²) in [6.07, 6.45) is 8.86. The van der Waals surface area contributed by atoms with Crippen molar-refractivity contribution in [1.82, 2.24) is 34.8 Å². The van der Waals surface area contributed by atoms with Gasteiger partial charge in [0.25, 0.3) is 5.91 Å². The van der Waals surface area contributed by atoms with Crippen LogP contribution in [0.5, 0.6) is 0 Å². The normalized spacial score (nSPS) is 20.9. The van der Waals surface area contributed by atoms with Crippen molar-refractivity contribution >= 4 is 22.8 Å². The Morgan fingerprint density at radius 3 is 2.77 bits per heavy atom.